The van der Waals surface area contributed by atoms with Crippen molar-refractivity contribution in [3.8, 4) is 5.75 Å². The molecule has 0 aromatic heterocycles. The summed E-state index contributed by atoms with van der Waals surface area (Å²) in [6.45, 7) is 0.796. The Balaban J connectivity index is 2.13. The molecule has 0 aliphatic carbocycles. The summed E-state index contributed by atoms with van der Waals surface area (Å²) in [5.74, 6) is 0.861. The molecule has 1 saturated heterocycles. The smallest absolute Gasteiger partial charge is 0.118 e. The molecule has 1 aliphatic heterocycles. The monoisotopic (exact) mass is 194 g/mol. The molecule has 0 spiro atoms. The van der Waals surface area contributed by atoms with E-state index in [2.05, 4.69) is 0 Å². The van der Waals surface area contributed by atoms with Gasteiger partial charge in [0.05, 0.1) is 13.7 Å². The van der Waals surface area contributed by atoms with Crippen molar-refractivity contribution in [3.05, 3.63) is 29.8 Å². The third-order valence-electron chi connectivity index (χ3n) is 2.40. The molecule has 1 aromatic carbocycles. The summed E-state index contributed by atoms with van der Waals surface area (Å²) < 4.78 is 15.7. The average molecular weight is 194 g/mol. The number of methoxy groups -OCH3 is 2. The molecule has 0 bridgehead atoms. The van der Waals surface area contributed by atoms with E-state index >= 15 is 0 Å². The van der Waals surface area contributed by atoms with Crippen LogP contribution in [0.25, 0.3) is 0 Å². The van der Waals surface area contributed by atoms with Crippen LogP contribution in [0.3, 0.4) is 0 Å². The zero-order chi connectivity index (χ0) is 9.97. The van der Waals surface area contributed by atoms with Crippen LogP contribution in [0.1, 0.15) is 11.7 Å². The van der Waals surface area contributed by atoms with Crippen LogP contribution < -0.4 is 4.74 Å². The van der Waals surface area contributed by atoms with Crippen molar-refractivity contribution in [1.82, 2.24) is 0 Å². The number of benzene rings is 1. The van der Waals surface area contributed by atoms with Gasteiger partial charge in [-0.1, -0.05) is 12.1 Å². The fourth-order valence-electron chi connectivity index (χ4n) is 1.53. The average Bonchev–Trinajstić information content (AvgIpc) is 3.04. The van der Waals surface area contributed by atoms with Crippen LogP contribution in [-0.2, 0) is 9.47 Å². The van der Waals surface area contributed by atoms with E-state index in [1.165, 1.54) is 0 Å². The molecule has 3 nitrogen and oxygen atoms in total. The Hall–Kier alpha value is -1.06. The largest absolute Gasteiger partial charge is 0.497 e. The Morgan fingerprint density at radius 1 is 1.29 bits per heavy atom. The van der Waals surface area contributed by atoms with Crippen molar-refractivity contribution in [2.75, 3.05) is 20.8 Å². The second kappa shape index (κ2) is 3.98. The minimum absolute atomic E-state index is 0.0564. The maximum atomic E-state index is 5.37. The maximum Gasteiger partial charge on any atom is 0.118 e. The number of hydrogen-bond acceptors (Lipinski definition) is 3. The Morgan fingerprint density at radius 3 is 2.36 bits per heavy atom. The van der Waals surface area contributed by atoms with Gasteiger partial charge in [-0.3, -0.25) is 0 Å². The van der Waals surface area contributed by atoms with E-state index in [4.69, 9.17) is 14.2 Å². The third kappa shape index (κ3) is 1.89. The summed E-state index contributed by atoms with van der Waals surface area (Å²) >= 11 is 0. The van der Waals surface area contributed by atoms with Gasteiger partial charge in [0.2, 0.25) is 0 Å². The molecular weight excluding hydrogens is 180 g/mol. The minimum Gasteiger partial charge on any atom is -0.497 e. The van der Waals surface area contributed by atoms with Gasteiger partial charge in [0.25, 0.3) is 0 Å². The number of rotatable bonds is 4. The van der Waals surface area contributed by atoms with Gasteiger partial charge in [0.15, 0.2) is 0 Å². The van der Waals surface area contributed by atoms with E-state index in [0.29, 0.717) is 0 Å². The summed E-state index contributed by atoms with van der Waals surface area (Å²) in [6.07, 6.45) is 0.286. The van der Waals surface area contributed by atoms with Gasteiger partial charge in [-0.2, -0.15) is 0 Å². The molecule has 14 heavy (non-hydrogen) atoms. The predicted octanol–water partition coefficient (Wildman–Crippen LogP) is 1.78. The van der Waals surface area contributed by atoms with Gasteiger partial charge >= 0.3 is 0 Å². The first-order valence-corrected chi connectivity index (χ1v) is 4.63. The van der Waals surface area contributed by atoms with E-state index in [1.807, 2.05) is 24.3 Å². The van der Waals surface area contributed by atoms with Crippen molar-refractivity contribution in [1.29, 1.82) is 0 Å². The number of ether oxygens (including phenoxy) is 3. The van der Waals surface area contributed by atoms with Crippen LogP contribution in [0.5, 0.6) is 5.75 Å². The Morgan fingerprint density at radius 2 is 1.93 bits per heavy atom. The van der Waals surface area contributed by atoms with Crippen LogP contribution >= 0.6 is 0 Å². The molecule has 2 rings (SSSR count). The predicted molar refractivity (Wildman–Crippen MR) is 52.5 cm³/mol. The highest BCUT2D eigenvalue weighted by Gasteiger charge is 2.33. The fourth-order valence-corrected chi connectivity index (χ4v) is 1.53. The highest BCUT2D eigenvalue weighted by molar-refractivity contribution is 5.29. The lowest BCUT2D eigenvalue weighted by Crippen LogP contribution is -2.08. The van der Waals surface area contributed by atoms with Crippen LogP contribution in [-0.4, -0.2) is 26.9 Å². The van der Waals surface area contributed by atoms with Crippen molar-refractivity contribution < 1.29 is 14.2 Å². The molecule has 0 saturated carbocycles. The van der Waals surface area contributed by atoms with Crippen LogP contribution in [0.4, 0.5) is 0 Å². The molecule has 1 aliphatic rings. The van der Waals surface area contributed by atoms with Gasteiger partial charge in [-0.15, -0.1) is 0 Å². The van der Waals surface area contributed by atoms with Crippen LogP contribution in [0, 0.1) is 0 Å². The zero-order valence-corrected chi connectivity index (χ0v) is 8.40. The number of hydrogen-bond donors (Lipinski definition) is 0. The standard InChI is InChI=1S/C11H14O3/c1-12-9-5-3-8(4-6-9)11(13-2)10-7-14-10/h3-6,10-11H,7H2,1-2H3. The van der Waals surface area contributed by atoms with E-state index in [0.717, 1.165) is 17.9 Å². The van der Waals surface area contributed by atoms with Crippen LogP contribution in [0.2, 0.25) is 0 Å². The molecule has 0 N–H and O–H groups in total. The summed E-state index contributed by atoms with van der Waals surface area (Å²) in [5.41, 5.74) is 1.14. The minimum atomic E-state index is 0.0564. The molecule has 76 valence electrons. The molecule has 2 atom stereocenters. The molecule has 1 fully saturated rings. The van der Waals surface area contributed by atoms with E-state index in [-0.39, 0.29) is 12.2 Å². The van der Waals surface area contributed by atoms with Gasteiger partial charge in [-0.25, -0.2) is 0 Å². The Kier molecular flexibility index (Phi) is 2.70. The molecule has 0 radical (unpaired) electrons. The van der Waals surface area contributed by atoms with Gasteiger partial charge in [-0.05, 0) is 17.7 Å². The first kappa shape index (κ1) is 9.49. The first-order valence-electron chi connectivity index (χ1n) is 4.63. The summed E-state index contributed by atoms with van der Waals surface area (Å²) in [5, 5.41) is 0. The second-order valence-electron chi connectivity index (χ2n) is 3.30. The van der Waals surface area contributed by atoms with E-state index in [9.17, 15) is 0 Å². The van der Waals surface area contributed by atoms with Crippen molar-refractivity contribution >= 4 is 0 Å². The molecule has 1 aromatic rings. The Labute approximate surface area is 83.6 Å². The highest BCUT2D eigenvalue weighted by atomic mass is 16.6. The summed E-state index contributed by atoms with van der Waals surface area (Å²) in [7, 11) is 3.36. The molecule has 0 amide bonds. The maximum absolute atomic E-state index is 5.37. The normalized spacial score (nSPS) is 21.7. The molecule has 1 heterocycles. The van der Waals surface area contributed by atoms with Gasteiger partial charge < -0.3 is 14.2 Å². The first-order chi connectivity index (χ1) is 6.85. The lowest BCUT2D eigenvalue weighted by Gasteiger charge is -2.13. The molecular formula is C11H14O3. The van der Waals surface area contributed by atoms with Crippen molar-refractivity contribution in [3.63, 3.8) is 0 Å². The van der Waals surface area contributed by atoms with Crippen molar-refractivity contribution in [2.24, 2.45) is 0 Å². The quantitative estimate of drug-likeness (QED) is 0.684. The van der Waals surface area contributed by atoms with Crippen molar-refractivity contribution in [2.45, 2.75) is 12.2 Å². The molecule has 3 heteroatoms. The number of epoxide rings is 1. The summed E-state index contributed by atoms with van der Waals surface area (Å²) in [6, 6.07) is 7.89. The van der Waals surface area contributed by atoms with E-state index in [1.54, 1.807) is 14.2 Å². The highest BCUT2D eigenvalue weighted by Crippen LogP contribution is 2.31. The van der Waals surface area contributed by atoms with E-state index < -0.39 is 0 Å². The second-order valence-corrected chi connectivity index (χ2v) is 3.30. The SMILES string of the molecule is COc1ccc(C(OC)C2CO2)cc1. The third-order valence-corrected chi connectivity index (χ3v) is 2.40. The molecule has 2 unspecified atom stereocenters. The lowest BCUT2D eigenvalue weighted by atomic mass is 10.1. The fraction of sp³-hybridized carbons (Fsp3) is 0.455. The Bertz CT molecular complexity index is 290. The zero-order valence-electron chi connectivity index (χ0n) is 8.40. The topological polar surface area (TPSA) is 31.0 Å². The lowest BCUT2D eigenvalue weighted by molar-refractivity contribution is 0.0761. The van der Waals surface area contributed by atoms with Crippen LogP contribution in [0.15, 0.2) is 24.3 Å². The van der Waals surface area contributed by atoms with Gasteiger partial charge in [0, 0.05) is 7.11 Å². The van der Waals surface area contributed by atoms with Gasteiger partial charge in [0.1, 0.15) is 18.0 Å². The summed E-state index contributed by atoms with van der Waals surface area (Å²) in [4.78, 5) is 0.